The number of rotatable bonds is 3. The molecule has 1 aromatic carbocycles. The fourth-order valence-electron chi connectivity index (χ4n) is 2.12. The largest absolute Gasteiger partial charge is 0.465 e. The highest BCUT2D eigenvalue weighted by atomic mass is 32.2. The monoisotopic (exact) mass is 289 g/mol. The number of carbonyl (C=O) groups excluding carboxylic acids is 1. The normalized spacial score (nSPS) is 18.3. The predicted octanol–water partition coefficient (Wildman–Crippen LogP) is 2.29. The van der Waals surface area contributed by atoms with E-state index in [0.29, 0.717) is 6.61 Å². The molecule has 0 spiro atoms. The first kappa shape index (κ1) is 13.2. The summed E-state index contributed by atoms with van der Waals surface area (Å²) in [5.41, 5.74) is 2.21. The first-order valence-corrected chi connectivity index (χ1v) is 7.35. The van der Waals surface area contributed by atoms with Gasteiger partial charge in [-0.1, -0.05) is 29.5 Å². The zero-order valence-corrected chi connectivity index (χ0v) is 12.2. The maximum absolute atomic E-state index is 11.6. The number of benzene rings is 1. The zero-order chi connectivity index (χ0) is 14.1. The van der Waals surface area contributed by atoms with Gasteiger partial charge in [-0.15, -0.1) is 10.2 Å². The van der Waals surface area contributed by atoms with E-state index >= 15 is 0 Å². The summed E-state index contributed by atoms with van der Waals surface area (Å²) in [6.45, 7) is 4.45. The number of esters is 1. The van der Waals surface area contributed by atoms with E-state index < -0.39 is 0 Å². The molecule has 104 valence electrons. The van der Waals surface area contributed by atoms with Crippen molar-refractivity contribution in [1.82, 2.24) is 14.8 Å². The second kappa shape index (κ2) is 5.28. The summed E-state index contributed by atoms with van der Waals surface area (Å²) in [6, 6.07) is 8.16. The number of aromatic nitrogens is 3. The molecule has 1 saturated heterocycles. The van der Waals surface area contributed by atoms with Crippen LogP contribution in [0.1, 0.15) is 17.8 Å². The quantitative estimate of drug-likeness (QED) is 0.811. The van der Waals surface area contributed by atoms with Crippen molar-refractivity contribution in [3.63, 3.8) is 0 Å². The van der Waals surface area contributed by atoms with Crippen LogP contribution in [0, 0.1) is 13.8 Å². The number of carbonyl (C=O) groups is 1. The first-order chi connectivity index (χ1) is 9.65. The Morgan fingerprint density at radius 3 is 2.65 bits per heavy atom. The molecular formula is C14H15N3O2S. The second-order valence-electron chi connectivity index (χ2n) is 4.76. The van der Waals surface area contributed by atoms with Crippen LogP contribution in [-0.2, 0) is 9.53 Å². The minimum absolute atomic E-state index is 0.161. The predicted molar refractivity (Wildman–Crippen MR) is 76.1 cm³/mol. The number of thioether (sulfide) groups is 1. The maximum atomic E-state index is 11.6. The standard InChI is InChI=1S/C14H15N3O2S/c1-9-3-5-11(6-4-9)17-10(2)15-16-14(17)20-12-7-8-19-13(12)18/h3-6,12H,7-8H2,1-2H3/t12-/m1/s1. The number of hydrogen-bond acceptors (Lipinski definition) is 5. The highest BCUT2D eigenvalue weighted by molar-refractivity contribution is 8.00. The molecule has 1 aromatic heterocycles. The average molecular weight is 289 g/mol. The zero-order valence-electron chi connectivity index (χ0n) is 11.4. The molecule has 20 heavy (non-hydrogen) atoms. The van der Waals surface area contributed by atoms with Crippen LogP contribution in [0.15, 0.2) is 29.4 Å². The van der Waals surface area contributed by atoms with E-state index in [1.165, 1.54) is 17.3 Å². The Morgan fingerprint density at radius 2 is 2.00 bits per heavy atom. The Hall–Kier alpha value is -1.82. The summed E-state index contributed by atoms with van der Waals surface area (Å²) >= 11 is 1.42. The van der Waals surface area contributed by atoms with Crippen molar-refractivity contribution in [2.75, 3.05) is 6.61 Å². The van der Waals surface area contributed by atoms with Gasteiger partial charge in [-0.3, -0.25) is 9.36 Å². The molecule has 1 aliphatic heterocycles. The van der Waals surface area contributed by atoms with Crippen molar-refractivity contribution in [1.29, 1.82) is 0 Å². The number of ether oxygens (including phenoxy) is 1. The Kier molecular flexibility index (Phi) is 3.48. The molecule has 5 nitrogen and oxygen atoms in total. The Labute approximate surface area is 121 Å². The molecule has 0 N–H and O–H groups in total. The van der Waals surface area contributed by atoms with Crippen molar-refractivity contribution in [2.24, 2.45) is 0 Å². The van der Waals surface area contributed by atoms with Crippen LogP contribution in [0.25, 0.3) is 5.69 Å². The van der Waals surface area contributed by atoms with Crippen molar-refractivity contribution >= 4 is 17.7 Å². The van der Waals surface area contributed by atoms with Crippen LogP contribution in [0.3, 0.4) is 0 Å². The third-order valence-electron chi connectivity index (χ3n) is 3.22. The van der Waals surface area contributed by atoms with Crippen LogP contribution in [0.4, 0.5) is 0 Å². The van der Waals surface area contributed by atoms with Crippen LogP contribution in [0.2, 0.25) is 0 Å². The summed E-state index contributed by atoms with van der Waals surface area (Å²) in [6.07, 6.45) is 0.726. The number of hydrogen-bond donors (Lipinski definition) is 0. The molecule has 2 aromatic rings. The minimum atomic E-state index is -0.178. The van der Waals surface area contributed by atoms with E-state index in [1.807, 2.05) is 42.7 Å². The van der Waals surface area contributed by atoms with Gasteiger partial charge in [0.05, 0.1) is 6.61 Å². The topological polar surface area (TPSA) is 57.0 Å². The van der Waals surface area contributed by atoms with E-state index in [0.717, 1.165) is 23.1 Å². The Bertz CT molecular complexity index is 636. The summed E-state index contributed by atoms with van der Waals surface area (Å²) in [7, 11) is 0. The van der Waals surface area contributed by atoms with Gasteiger partial charge in [-0.2, -0.15) is 0 Å². The number of nitrogens with zero attached hydrogens (tertiary/aromatic N) is 3. The van der Waals surface area contributed by atoms with E-state index in [1.54, 1.807) is 0 Å². The lowest BCUT2D eigenvalue weighted by Crippen LogP contribution is -2.11. The van der Waals surface area contributed by atoms with Crippen molar-refractivity contribution in [3.8, 4) is 5.69 Å². The number of aryl methyl sites for hydroxylation is 2. The van der Waals surface area contributed by atoms with Crippen molar-refractivity contribution in [3.05, 3.63) is 35.7 Å². The van der Waals surface area contributed by atoms with Crippen LogP contribution >= 0.6 is 11.8 Å². The molecule has 0 bridgehead atoms. The molecule has 0 radical (unpaired) electrons. The highest BCUT2D eigenvalue weighted by Gasteiger charge is 2.29. The molecule has 0 saturated carbocycles. The molecule has 2 heterocycles. The summed E-state index contributed by atoms with van der Waals surface area (Å²) < 4.78 is 6.96. The van der Waals surface area contributed by atoms with Gasteiger partial charge < -0.3 is 4.74 Å². The maximum Gasteiger partial charge on any atom is 0.319 e. The molecule has 0 unspecified atom stereocenters. The van der Waals surface area contributed by atoms with Crippen molar-refractivity contribution in [2.45, 2.75) is 30.7 Å². The van der Waals surface area contributed by atoms with Gasteiger partial charge in [0.15, 0.2) is 5.16 Å². The summed E-state index contributed by atoms with van der Waals surface area (Å²) in [5.74, 6) is 0.647. The molecular weight excluding hydrogens is 274 g/mol. The molecule has 1 atom stereocenters. The van der Waals surface area contributed by atoms with Gasteiger partial charge in [0.2, 0.25) is 0 Å². The second-order valence-corrected chi connectivity index (χ2v) is 5.93. The fourth-order valence-corrected chi connectivity index (χ4v) is 3.19. The van der Waals surface area contributed by atoms with Gasteiger partial charge in [-0.25, -0.2) is 0 Å². The minimum Gasteiger partial charge on any atom is -0.465 e. The van der Waals surface area contributed by atoms with Gasteiger partial charge in [0, 0.05) is 12.1 Å². The van der Waals surface area contributed by atoms with Crippen LogP contribution in [-0.4, -0.2) is 32.6 Å². The van der Waals surface area contributed by atoms with Gasteiger partial charge in [0.25, 0.3) is 0 Å². The van der Waals surface area contributed by atoms with Crippen molar-refractivity contribution < 1.29 is 9.53 Å². The summed E-state index contributed by atoms with van der Waals surface area (Å²) in [4.78, 5) is 11.6. The third kappa shape index (κ3) is 2.43. The fraction of sp³-hybridized carbons (Fsp3) is 0.357. The van der Waals surface area contributed by atoms with Crippen LogP contribution in [0.5, 0.6) is 0 Å². The smallest absolute Gasteiger partial charge is 0.319 e. The Balaban J connectivity index is 1.93. The molecule has 3 rings (SSSR count). The van der Waals surface area contributed by atoms with Crippen LogP contribution < -0.4 is 0 Å². The lowest BCUT2D eigenvalue weighted by Gasteiger charge is -2.10. The molecule has 1 fully saturated rings. The SMILES string of the molecule is Cc1ccc(-n2c(C)nnc2S[C@@H]2CCOC2=O)cc1. The van der Waals surface area contributed by atoms with E-state index in [4.69, 9.17) is 4.74 Å². The van der Waals surface area contributed by atoms with Gasteiger partial charge >= 0.3 is 5.97 Å². The first-order valence-electron chi connectivity index (χ1n) is 6.47. The molecule has 0 amide bonds. The molecule has 6 heteroatoms. The average Bonchev–Trinajstić information content (AvgIpc) is 2.99. The third-order valence-corrected chi connectivity index (χ3v) is 4.41. The molecule has 1 aliphatic rings. The van der Waals surface area contributed by atoms with E-state index in [2.05, 4.69) is 10.2 Å². The van der Waals surface area contributed by atoms with Gasteiger partial charge in [-0.05, 0) is 26.0 Å². The van der Waals surface area contributed by atoms with E-state index in [-0.39, 0.29) is 11.2 Å². The van der Waals surface area contributed by atoms with E-state index in [9.17, 15) is 4.79 Å². The molecule has 0 aliphatic carbocycles. The van der Waals surface area contributed by atoms with Gasteiger partial charge in [0.1, 0.15) is 11.1 Å². The lowest BCUT2D eigenvalue weighted by atomic mass is 10.2. The number of cyclic esters (lactones) is 1. The summed E-state index contributed by atoms with van der Waals surface area (Å²) in [5, 5.41) is 8.86. The highest BCUT2D eigenvalue weighted by Crippen LogP contribution is 2.30. The Morgan fingerprint density at radius 1 is 1.25 bits per heavy atom. The lowest BCUT2D eigenvalue weighted by molar-refractivity contribution is -0.137.